The number of H-pyrrole nitrogens is 1. The van der Waals surface area contributed by atoms with Crippen LogP contribution in [0, 0.1) is 0 Å². The molecule has 0 saturated heterocycles. The van der Waals surface area contributed by atoms with Crippen LogP contribution in [-0.2, 0) is 16.7 Å². The van der Waals surface area contributed by atoms with E-state index in [0.29, 0.717) is 0 Å². The molecule has 0 unspecified atom stereocenters. The van der Waals surface area contributed by atoms with Gasteiger partial charge in [-0.2, -0.15) is 0 Å². The molecule has 0 aliphatic rings. The molecule has 0 radical (unpaired) electrons. The predicted molar refractivity (Wildman–Crippen MR) is 55.5 cm³/mol. The number of halogens is 3. The average molecular weight is 314 g/mol. The number of para-hydroxylation sites is 1. The van der Waals surface area contributed by atoms with Crippen LogP contribution in [0.15, 0.2) is 30.5 Å². The standard InChI is InChI=1S/C8H6N.3ClH.Zr/c1-2-4-8-7(3-1)5-6-9-8;;;;/h1-4,6,9H;3*1H;/q;;;;+3/p-3. The monoisotopic (exact) mass is 311 g/mol. The van der Waals surface area contributed by atoms with Gasteiger partial charge >= 0.3 is 91.8 Å². The molecule has 0 fully saturated rings. The van der Waals surface area contributed by atoms with E-state index in [1.54, 1.807) is 0 Å². The zero-order chi connectivity index (χ0) is 9.47. The van der Waals surface area contributed by atoms with Gasteiger partial charge in [-0.15, -0.1) is 0 Å². The maximum atomic E-state index is 6.00. The zero-order valence-electron chi connectivity index (χ0n) is 6.52. The van der Waals surface area contributed by atoms with Crippen LogP contribution in [0.5, 0.6) is 0 Å². The molecule has 0 spiro atoms. The summed E-state index contributed by atoms with van der Waals surface area (Å²) in [5, 5.41) is 1.04. The third-order valence-corrected chi connectivity index (χ3v) is 8.03. The molecule has 1 heterocycles. The Morgan fingerprint density at radius 3 is 2.46 bits per heavy atom. The van der Waals surface area contributed by atoms with Gasteiger partial charge in [-0.3, -0.25) is 0 Å². The number of hydrogen-bond acceptors (Lipinski definition) is 0. The summed E-state index contributed by atoms with van der Waals surface area (Å²) in [6, 6.07) is 7.85. The van der Waals surface area contributed by atoms with Gasteiger partial charge in [0.1, 0.15) is 0 Å². The third-order valence-electron chi connectivity index (χ3n) is 1.89. The summed E-state index contributed by atoms with van der Waals surface area (Å²) >= 11 is -3.48. The molecular weight excluding hydrogens is 308 g/mol. The van der Waals surface area contributed by atoms with E-state index < -0.39 is 16.7 Å². The average Bonchev–Trinajstić information content (AvgIpc) is 2.45. The Bertz CT molecular complexity index is 432. The van der Waals surface area contributed by atoms with Crippen molar-refractivity contribution in [2.75, 3.05) is 0 Å². The third kappa shape index (κ3) is 1.97. The van der Waals surface area contributed by atoms with E-state index in [1.807, 2.05) is 30.5 Å². The van der Waals surface area contributed by atoms with Gasteiger partial charge in [-0.05, 0) is 0 Å². The minimum atomic E-state index is -3.48. The molecule has 13 heavy (non-hydrogen) atoms. The fourth-order valence-corrected chi connectivity index (χ4v) is 5.95. The first-order valence-corrected chi connectivity index (χ1v) is 14.4. The van der Waals surface area contributed by atoms with Crippen LogP contribution in [0.2, 0.25) is 0 Å². The van der Waals surface area contributed by atoms with Crippen molar-refractivity contribution >= 4 is 39.7 Å². The number of aromatic nitrogens is 1. The Kier molecular flexibility index (Phi) is 2.77. The van der Waals surface area contributed by atoms with Crippen LogP contribution < -0.4 is 3.27 Å². The zero-order valence-corrected chi connectivity index (χ0v) is 11.2. The van der Waals surface area contributed by atoms with E-state index in [-0.39, 0.29) is 0 Å². The molecule has 1 nitrogen and oxygen atoms in total. The van der Waals surface area contributed by atoms with Crippen LogP contribution >= 0.6 is 25.5 Å². The van der Waals surface area contributed by atoms with Crippen molar-refractivity contribution in [1.82, 2.24) is 4.98 Å². The van der Waals surface area contributed by atoms with Gasteiger partial charge in [0.2, 0.25) is 0 Å². The van der Waals surface area contributed by atoms with E-state index in [4.69, 9.17) is 25.5 Å². The van der Waals surface area contributed by atoms with E-state index in [9.17, 15) is 0 Å². The Labute approximate surface area is 91.0 Å². The van der Waals surface area contributed by atoms with E-state index in [2.05, 4.69) is 4.98 Å². The van der Waals surface area contributed by atoms with Gasteiger partial charge in [0.25, 0.3) is 0 Å². The SMILES string of the molecule is [Cl][Zr]([Cl])([Cl])[c]1c[nH]c2ccccc12. The van der Waals surface area contributed by atoms with Crippen molar-refractivity contribution in [1.29, 1.82) is 0 Å². The van der Waals surface area contributed by atoms with Crippen molar-refractivity contribution in [2.24, 2.45) is 0 Å². The molecule has 68 valence electrons. The van der Waals surface area contributed by atoms with Crippen molar-refractivity contribution in [2.45, 2.75) is 0 Å². The summed E-state index contributed by atoms with van der Waals surface area (Å²) in [4.78, 5) is 3.09. The number of benzene rings is 1. The Morgan fingerprint density at radius 2 is 1.77 bits per heavy atom. The van der Waals surface area contributed by atoms with E-state index in [0.717, 1.165) is 14.2 Å². The number of rotatable bonds is 1. The van der Waals surface area contributed by atoms with Gasteiger partial charge in [-0.1, -0.05) is 0 Å². The fraction of sp³-hybridized carbons (Fsp3) is 0. The normalized spacial score (nSPS) is 12.2. The predicted octanol–water partition coefficient (Wildman–Crippen LogP) is 3.41. The second kappa shape index (κ2) is 3.58. The van der Waals surface area contributed by atoms with E-state index in [1.165, 1.54) is 0 Å². The number of nitrogens with one attached hydrogen (secondary N) is 1. The molecule has 2 rings (SSSR count). The van der Waals surface area contributed by atoms with Crippen molar-refractivity contribution in [3.63, 3.8) is 0 Å². The summed E-state index contributed by atoms with van der Waals surface area (Å²) < 4.78 is 0.898. The van der Waals surface area contributed by atoms with Gasteiger partial charge in [0.15, 0.2) is 0 Å². The molecule has 0 bridgehead atoms. The quantitative estimate of drug-likeness (QED) is 0.830. The second-order valence-electron chi connectivity index (χ2n) is 2.75. The van der Waals surface area contributed by atoms with E-state index >= 15 is 0 Å². The summed E-state index contributed by atoms with van der Waals surface area (Å²) in [5.41, 5.74) is 1.03. The first-order chi connectivity index (χ1) is 6.09. The van der Waals surface area contributed by atoms with Gasteiger partial charge < -0.3 is 0 Å². The fourth-order valence-electron chi connectivity index (χ4n) is 1.31. The number of hydrogen-bond donors (Lipinski definition) is 1. The second-order valence-corrected chi connectivity index (χ2v) is 20.0. The molecule has 0 atom stereocenters. The first kappa shape index (κ1) is 10.0. The molecule has 2 aromatic rings. The molecule has 5 heteroatoms. The minimum absolute atomic E-state index is 0.898. The summed E-state index contributed by atoms with van der Waals surface area (Å²) in [7, 11) is 18.0. The van der Waals surface area contributed by atoms with Gasteiger partial charge in [0, 0.05) is 0 Å². The molecule has 0 amide bonds. The van der Waals surface area contributed by atoms with Crippen LogP contribution in [-0.4, -0.2) is 4.98 Å². The first-order valence-electron chi connectivity index (χ1n) is 3.72. The molecule has 1 aromatic carbocycles. The molecule has 0 aliphatic heterocycles. The Morgan fingerprint density at radius 1 is 1.08 bits per heavy atom. The number of aromatic amines is 1. The summed E-state index contributed by atoms with van der Waals surface area (Å²) in [5.74, 6) is 0. The molecular formula is C8H6Cl3NZr. The van der Waals surface area contributed by atoms with Crippen molar-refractivity contribution in [3.05, 3.63) is 30.5 Å². The summed E-state index contributed by atoms with van der Waals surface area (Å²) in [6.07, 6.45) is 1.81. The topological polar surface area (TPSA) is 15.8 Å². The van der Waals surface area contributed by atoms with Gasteiger partial charge in [0.05, 0.1) is 0 Å². The summed E-state index contributed by atoms with van der Waals surface area (Å²) in [6.45, 7) is 0. The molecule has 0 aliphatic carbocycles. The van der Waals surface area contributed by atoms with Crippen LogP contribution in [0.1, 0.15) is 0 Å². The number of fused-ring (bicyclic) bond motifs is 1. The molecule has 1 aromatic heterocycles. The molecule has 1 N–H and O–H groups in total. The Balaban J connectivity index is 2.72. The maximum absolute atomic E-state index is 6.00. The molecule has 0 saturated carbocycles. The Hall–Kier alpha value is 0.513. The van der Waals surface area contributed by atoms with Crippen LogP contribution in [0.25, 0.3) is 10.9 Å². The van der Waals surface area contributed by atoms with Crippen LogP contribution in [0.4, 0.5) is 0 Å². The van der Waals surface area contributed by atoms with Crippen molar-refractivity contribution in [3.8, 4) is 0 Å². The van der Waals surface area contributed by atoms with Crippen molar-refractivity contribution < 1.29 is 16.7 Å². The van der Waals surface area contributed by atoms with Crippen LogP contribution in [0.3, 0.4) is 0 Å². The van der Waals surface area contributed by atoms with Gasteiger partial charge in [-0.25, -0.2) is 0 Å².